The van der Waals surface area contributed by atoms with Gasteiger partial charge in [-0.05, 0) is 30.3 Å². The molecule has 0 aliphatic rings. The third-order valence-corrected chi connectivity index (χ3v) is 5.10. The standard InChI is InChI=1S/C22H19N3O4S/c1-27-18-9-8-15(10-19(18)28-2)17-13-30-22(24-17)25-20(26)11-16-12-29-21(23-16)14-6-4-3-5-7-14/h3-10,12-13H,11H2,1-2H3,(H,24,25,26). The van der Waals surface area contributed by atoms with Crippen LogP contribution in [-0.2, 0) is 11.2 Å². The van der Waals surface area contributed by atoms with Gasteiger partial charge in [-0.25, -0.2) is 9.97 Å². The molecule has 2 aromatic heterocycles. The summed E-state index contributed by atoms with van der Waals surface area (Å²) in [7, 11) is 3.17. The van der Waals surface area contributed by atoms with E-state index < -0.39 is 0 Å². The molecule has 0 aliphatic carbocycles. The van der Waals surface area contributed by atoms with Gasteiger partial charge in [0, 0.05) is 16.5 Å². The van der Waals surface area contributed by atoms with Crippen LogP contribution in [0.5, 0.6) is 11.5 Å². The zero-order valence-corrected chi connectivity index (χ0v) is 17.2. The number of rotatable bonds is 7. The first kappa shape index (κ1) is 19.7. The average molecular weight is 421 g/mol. The van der Waals surface area contributed by atoms with Crippen LogP contribution in [-0.4, -0.2) is 30.1 Å². The lowest BCUT2D eigenvalue weighted by atomic mass is 10.1. The number of carbonyl (C=O) groups is 1. The number of methoxy groups -OCH3 is 2. The zero-order chi connectivity index (χ0) is 20.9. The van der Waals surface area contributed by atoms with Crippen molar-refractivity contribution in [2.45, 2.75) is 6.42 Å². The van der Waals surface area contributed by atoms with Gasteiger partial charge in [0.1, 0.15) is 6.26 Å². The van der Waals surface area contributed by atoms with Crippen LogP contribution >= 0.6 is 11.3 Å². The minimum absolute atomic E-state index is 0.0988. The van der Waals surface area contributed by atoms with Gasteiger partial charge in [0.2, 0.25) is 11.8 Å². The fourth-order valence-electron chi connectivity index (χ4n) is 2.89. The molecule has 0 spiro atoms. The molecule has 0 saturated carbocycles. The van der Waals surface area contributed by atoms with E-state index in [1.54, 1.807) is 14.2 Å². The van der Waals surface area contributed by atoms with Crippen LogP contribution < -0.4 is 14.8 Å². The van der Waals surface area contributed by atoms with E-state index in [2.05, 4.69) is 15.3 Å². The predicted octanol–water partition coefficient (Wildman–Crippen LogP) is 4.66. The molecule has 30 heavy (non-hydrogen) atoms. The topological polar surface area (TPSA) is 86.5 Å². The maximum atomic E-state index is 12.4. The molecule has 0 radical (unpaired) electrons. The molecule has 152 valence electrons. The van der Waals surface area contributed by atoms with Gasteiger partial charge >= 0.3 is 0 Å². The van der Waals surface area contributed by atoms with E-state index in [1.807, 2.05) is 53.9 Å². The maximum Gasteiger partial charge on any atom is 0.232 e. The quantitative estimate of drug-likeness (QED) is 0.467. The largest absolute Gasteiger partial charge is 0.493 e. The molecule has 2 heterocycles. The molecule has 0 unspecified atom stereocenters. The van der Waals surface area contributed by atoms with Gasteiger partial charge in [-0.1, -0.05) is 18.2 Å². The maximum absolute atomic E-state index is 12.4. The van der Waals surface area contributed by atoms with Gasteiger partial charge in [0.05, 0.1) is 32.0 Å². The molecule has 2 aromatic carbocycles. The highest BCUT2D eigenvalue weighted by Crippen LogP contribution is 2.33. The number of hydrogen-bond donors (Lipinski definition) is 1. The summed E-state index contributed by atoms with van der Waals surface area (Å²) in [6.07, 6.45) is 1.60. The summed E-state index contributed by atoms with van der Waals surface area (Å²) >= 11 is 1.35. The molecule has 4 rings (SSSR count). The van der Waals surface area contributed by atoms with E-state index in [-0.39, 0.29) is 12.3 Å². The number of carbonyl (C=O) groups excluding carboxylic acids is 1. The highest BCUT2D eigenvalue weighted by Gasteiger charge is 2.13. The Hall–Kier alpha value is -3.65. The third kappa shape index (κ3) is 4.33. The van der Waals surface area contributed by atoms with E-state index in [1.165, 1.54) is 17.6 Å². The lowest BCUT2D eigenvalue weighted by Gasteiger charge is -2.08. The van der Waals surface area contributed by atoms with Crippen LogP contribution in [0, 0.1) is 0 Å². The summed E-state index contributed by atoms with van der Waals surface area (Å²) in [4.78, 5) is 21.3. The van der Waals surface area contributed by atoms with Crippen molar-refractivity contribution in [3.63, 3.8) is 0 Å². The molecule has 0 saturated heterocycles. The van der Waals surface area contributed by atoms with Gasteiger partial charge in [-0.2, -0.15) is 0 Å². The number of anilines is 1. The number of benzene rings is 2. The first-order valence-electron chi connectivity index (χ1n) is 9.14. The number of nitrogens with zero attached hydrogens (tertiary/aromatic N) is 2. The van der Waals surface area contributed by atoms with Crippen LogP contribution in [0.25, 0.3) is 22.7 Å². The smallest absolute Gasteiger partial charge is 0.232 e. The van der Waals surface area contributed by atoms with Crippen molar-refractivity contribution in [3.05, 3.63) is 65.9 Å². The number of oxazole rings is 1. The molecule has 8 heteroatoms. The molecule has 7 nitrogen and oxygen atoms in total. The van der Waals surface area contributed by atoms with Crippen LogP contribution in [0.15, 0.2) is 64.6 Å². The summed E-state index contributed by atoms with van der Waals surface area (Å²) in [5.41, 5.74) is 3.03. The highest BCUT2D eigenvalue weighted by atomic mass is 32.1. The first-order chi connectivity index (χ1) is 14.7. The number of hydrogen-bond acceptors (Lipinski definition) is 7. The Balaban J connectivity index is 1.42. The lowest BCUT2D eigenvalue weighted by molar-refractivity contribution is -0.115. The third-order valence-electron chi connectivity index (χ3n) is 4.34. The fourth-order valence-corrected chi connectivity index (χ4v) is 3.62. The van der Waals surface area contributed by atoms with Crippen LogP contribution in [0.3, 0.4) is 0 Å². The second-order valence-electron chi connectivity index (χ2n) is 6.34. The Morgan fingerprint density at radius 1 is 1.03 bits per heavy atom. The van der Waals surface area contributed by atoms with Crippen molar-refractivity contribution in [1.82, 2.24) is 9.97 Å². The summed E-state index contributed by atoms with van der Waals surface area (Å²) < 4.78 is 16.1. The number of thiazole rings is 1. The average Bonchev–Trinajstić information content (AvgIpc) is 3.43. The molecule has 4 aromatic rings. The molecular formula is C22H19N3O4S. The molecule has 0 fully saturated rings. The second-order valence-corrected chi connectivity index (χ2v) is 7.20. The highest BCUT2D eigenvalue weighted by molar-refractivity contribution is 7.14. The lowest BCUT2D eigenvalue weighted by Crippen LogP contribution is -2.14. The van der Waals surface area contributed by atoms with Gasteiger partial charge in [-0.15, -0.1) is 11.3 Å². The van der Waals surface area contributed by atoms with Crippen molar-refractivity contribution < 1.29 is 18.7 Å². The van der Waals surface area contributed by atoms with E-state index >= 15 is 0 Å². The minimum Gasteiger partial charge on any atom is -0.493 e. The molecular weight excluding hydrogens is 402 g/mol. The summed E-state index contributed by atoms with van der Waals surface area (Å²) in [6.45, 7) is 0. The van der Waals surface area contributed by atoms with Gasteiger partial charge in [-0.3, -0.25) is 4.79 Å². The van der Waals surface area contributed by atoms with E-state index in [0.717, 1.165) is 16.8 Å². The Bertz CT molecular complexity index is 1150. The van der Waals surface area contributed by atoms with Crippen LogP contribution in [0.1, 0.15) is 5.69 Å². The molecule has 1 N–H and O–H groups in total. The fraction of sp³-hybridized carbons (Fsp3) is 0.136. The second kappa shape index (κ2) is 8.79. The van der Waals surface area contributed by atoms with Gasteiger partial charge in [0.15, 0.2) is 16.6 Å². The summed E-state index contributed by atoms with van der Waals surface area (Å²) in [5, 5.41) is 5.20. The molecule has 0 atom stereocenters. The SMILES string of the molecule is COc1ccc(-c2csc(NC(=O)Cc3coc(-c4ccccc4)n3)n2)cc1OC. The first-order valence-corrected chi connectivity index (χ1v) is 10.0. The monoisotopic (exact) mass is 421 g/mol. The van der Waals surface area contributed by atoms with Gasteiger partial charge < -0.3 is 19.2 Å². The van der Waals surface area contributed by atoms with E-state index in [0.29, 0.717) is 28.2 Å². The Morgan fingerprint density at radius 2 is 1.83 bits per heavy atom. The molecule has 0 aliphatic heterocycles. The number of ether oxygens (including phenoxy) is 2. The van der Waals surface area contributed by atoms with Crippen LogP contribution in [0.4, 0.5) is 5.13 Å². The number of aromatic nitrogens is 2. The predicted molar refractivity (Wildman–Crippen MR) is 115 cm³/mol. The molecule has 1 amide bonds. The van der Waals surface area contributed by atoms with Crippen LogP contribution in [0.2, 0.25) is 0 Å². The van der Waals surface area contributed by atoms with E-state index in [4.69, 9.17) is 13.9 Å². The van der Waals surface area contributed by atoms with Crippen molar-refractivity contribution >= 4 is 22.4 Å². The minimum atomic E-state index is -0.212. The summed E-state index contributed by atoms with van der Waals surface area (Å²) in [5.74, 6) is 1.54. The van der Waals surface area contributed by atoms with Crippen molar-refractivity contribution in [3.8, 4) is 34.2 Å². The molecule has 0 bridgehead atoms. The van der Waals surface area contributed by atoms with Crippen molar-refractivity contribution in [1.29, 1.82) is 0 Å². The van der Waals surface area contributed by atoms with Crippen molar-refractivity contribution in [2.75, 3.05) is 19.5 Å². The van der Waals surface area contributed by atoms with Gasteiger partial charge in [0.25, 0.3) is 0 Å². The normalized spacial score (nSPS) is 10.6. The zero-order valence-electron chi connectivity index (χ0n) is 16.4. The Morgan fingerprint density at radius 3 is 2.60 bits per heavy atom. The Kier molecular flexibility index (Phi) is 5.76. The summed E-state index contributed by atoms with van der Waals surface area (Å²) in [6, 6.07) is 15.1. The number of nitrogens with one attached hydrogen (secondary N) is 1. The van der Waals surface area contributed by atoms with E-state index in [9.17, 15) is 4.79 Å². The van der Waals surface area contributed by atoms with Crippen molar-refractivity contribution in [2.24, 2.45) is 0 Å². The Labute approximate surface area is 177 Å². The number of amides is 1.